The number of imidazole rings is 1. The first-order valence-electron chi connectivity index (χ1n) is 8.31. The summed E-state index contributed by atoms with van der Waals surface area (Å²) >= 11 is 1.57. The van der Waals surface area contributed by atoms with Crippen LogP contribution in [0.15, 0.2) is 40.3 Å². The number of halogens is 3. The highest BCUT2D eigenvalue weighted by molar-refractivity contribution is 8.00. The molecule has 1 saturated carbocycles. The number of nitrogens with one attached hydrogen (secondary N) is 1. The molecule has 8 heteroatoms. The van der Waals surface area contributed by atoms with E-state index in [1.54, 1.807) is 17.8 Å². The van der Waals surface area contributed by atoms with Gasteiger partial charge in [-0.3, -0.25) is 4.98 Å². The molecule has 1 fully saturated rings. The first-order valence-corrected chi connectivity index (χ1v) is 10.1. The third-order valence-electron chi connectivity index (χ3n) is 4.13. The molecule has 0 bridgehead atoms. The van der Waals surface area contributed by atoms with Crippen molar-refractivity contribution in [3.05, 3.63) is 36.0 Å². The van der Waals surface area contributed by atoms with Crippen LogP contribution in [0.4, 0.5) is 13.2 Å². The fraction of sp³-hybridized carbons (Fsp3) is 0.333. The van der Waals surface area contributed by atoms with E-state index in [1.807, 2.05) is 6.20 Å². The molecule has 0 aliphatic heterocycles. The van der Waals surface area contributed by atoms with Crippen molar-refractivity contribution in [3.63, 3.8) is 0 Å². The molecule has 0 unspecified atom stereocenters. The van der Waals surface area contributed by atoms with E-state index in [1.165, 1.54) is 30.5 Å². The third-order valence-corrected chi connectivity index (χ3v) is 5.77. The zero-order valence-corrected chi connectivity index (χ0v) is 15.6. The van der Waals surface area contributed by atoms with Gasteiger partial charge in [-0.1, -0.05) is 6.92 Å². The minimum atomic E-state index is -4.31. The number of alkyl halides is 3. The molecule has 0 saturated heterocycles. The largest absolute Gasteiger partial charge is 0.446 e. The standard InChI is InChI=1S/C18H16F3N3S2/c1-2-25-15-7-11(10-3-4-10)9-22-16(15)17-23-13-6-5-12(8-14(13)24-17)26-18(19,20)21/h5-10H,2-4H2,1H3,(H,23,24). The summed E-state index contributed by atoms with van der Waals surface area (Å²) in [5.41, 5.74) is -1.09. The quantitative estimate of drug-likeness (QED) is 0.520. The topological polar surface area (TPSA) is 41.6 Å². The molecule has 2 aromatic heterocycles. The summed E-state index contributed by atoms with van der Waals surface area (Å²) in [6.07, 6.45) is 4.31. The predicted octanol–water partition coefficient (Wildman–Crippen LogP) is 6.23. The number of aromatic nitrogens is 3. The Morgan fingerprint density at radius 3 is 2.73 bits per heavy atom. The van der Waals surface area contributed by atoms with Crippen LogP contribution in [-0.4, -0.2) is 26.2 Å². The molecule has 0 amide bonds. The summed E-state index contributed by atoms with van der Waals surface area (Å²) in [6.45, 7) is 2.08. The van der Waals surface area contributed by atoms with Gasteiger partial charge in [-0.25, -0.2) is 4.98 Å². The Hall–Kier alpha value is -1.67. The van der Waals surface area contributed by atoms with Gasteiger partial charge in [0, 0.05) is 16.0 Å². The SMILES string of the molecule is CCSc1cc(C2CC2)cnc1-c1nc2cc(SC(F)(F)F)ccc2[nH]1. The Bertz CT molecular complexity index is 948. The molecule has 26 heavy (non-hydrogen) atoms. The van der Waals surface area contributed by atoms with Crippen molar-refractivity contribution in [1.29, 1.82) is 0 Å². The highest BCUT2D eigenvalue weighted by Crippen LogP contribution is 2.42. The van der Waals surface area contributed by atoms with Crippen LogP contribution in [0.2, 0.25) is 0 Å². The lowest BCUT2D eigenvalue weighted by Crippen LogP contribution is -1.98. The lowest BCUT2D eigenvalue weighted by Gasteiger charge is -2.07. The van der Waals surface area contributed by atoms with Crippen molar-refractivity contribution in [3.8, 4) is 11.5 Å². The summed E-state index contributed by atoms with van der Waals surface area (Å²) in [5, 5.41) is 0. The van der Waals surface area contributed by atoms with Gasteiger partial charge in [0.15, 0.2) is 5.82 Å². The lowest BCUT2D eigenvalue weighted by atomic mass is 10.2. The van der Waals surface area contributed by atoms with Crippen LogP contribution in [0.3, 0.4) is 0 Å². The van der Waals surface area contributed by atoms with Crippen molar-refractivity contribution in [1.82, 2.24) is 15.0 Å². The van der Waals surface area contributed by atoms with Gasteiger partial charge in [0.1, 0.15) is 5.69 Å². The van der Waals surface area contributed by atoms with Crippen molar-refractivity contribution < 1.29 is 13.2 Å². The van der Waals surface area contributed by atoms with Gasteiger partial charge in [-0.05, 0) is 66.1 Å². The van der Waals surface area contributed by atoms with Gasteiger partial charge in [-0.15, -0.1) is 11.8 Å². The van der Waals surface area contributed by atoms with Crippen LogP contribution in [0.1, 0.15) is 31.2 Å². The Kier molecular flexibility index (Phi) is 4.64. The number of thioether (sulfide) groups is 2. The van der Waals surface area contributed by atoms with Crippen LogP contribution in [0.5, 0.6) is 0 Å². The summed E-state index contributed by atoms with van der Waals surface area (Å²) in [7, 11) is 0. The molecule has 0 spiro atoms. The molecular formula is C18H16F3N3S2. The Morgan fingerprint density at radius 2 is 2.04 bits per heavy atom. The number of hydrogen-bond acceptors (Lipinski definition) is 4. The molecule has 0 atom stereocenters. The molecule has 3 aromatic rings. The normalized spacial score (nSPS) is 14.9. The van der Waals surface area contributed by atoms with Crippen molar-refractivity contribution in [2.75, 3.05) is 5.75 Å². The van der Waals surface area contributed by atoms with E-state index in [2.05, 4.69) is 27.9 Å². The summed E-state index contributed by atoms with van der Waals surface area (Å²) in [5.74, 6) is 2.12. The first kappa shape index (κ1) is 17.7. The van der Waals surface area contributed by atoms with Gasteiger partial charge < -0.3 is 4.98 Å². The summed E-state index contributed by atoms with van der Waals surface area (Å²) in [6, 6.07) is 6.71. The number of hydrogen-bond donors (Lipinski definition) is 1. The van der Waals surface area contributed by atoms with E-state index < -0.39 is 5.51 Å². The van der Waals surface area contributed by atoms with Gasteiger partial charge in [0.25, 0.3) is 0 Å². The van der Waals surface area contributed by atoms with E-state index in [0.29, 0.717) is 22.8 Å². The van der Waals surface area contributed by atoms with Crippen LogP contribution in [0, 0.1) is 0 Å². The molecule has 0 radical (unpaired) electrons. The maximum Gasteiger partial charge on any atom is 0.446 e. The number of fused-ring (bicyclic) bond motifs is 1. The zero-order chi connectivity index (χ0) is 18.3. The fourth-order valence-corrected chi connectivity index (χ4v) is 4.23. The molecule has 3 nitrogen and oxygen atoms in total. The Balaban J connectivity index is 1.71. The van der Waals surface area contributed by atoms with Gasteiger partial charge in [0.2, 0.25) is 0 Å². The summed E-state index contributed by atoms with van der Waals surface area (Å²) < 4.78 is 37.7. The van der Waals surface area contributed by atoms with E-state index >= 15 is 0 Å². The monoisotopic (exact) mass is 395 g/mol. The highest BCUT2D eigenvalue weighted by Gasteiger charge is 2.29. The second-order valence-electron chi connectivity index (χ2n) is 6.13. The zero-order valence-electron chi connectivity index (χ0n) is 13.9. The van der Waals surface area contributed by atoms with E-state index in [0.717, 1.165) is 16.3 Å². The molecule has 136 valence electrons. The van der Waals surface area contributed by atoms with Gasteiger partial charge in [-0.2, -0.15) is 13.2 Å². The maximum atomic E-state index is 12.6. The van der Waals surface area contributed by atoms with Crippen molar-refractivity contribution >= 4 is 34.6 Å². The molecule has 1 aromatic carbocycles. The molecule has 1 N–H and O–H groups in total. The van der Waals surface area contributed by atoms with E-state index in [4.69, 9.17) is 0 Å². The Labute approximate surface area is 157 Å². The fourth-order valence-electron chi connectivity index (χ4n) is 2.84. The third kappa shape index (κ3) is 3.86. The molecule has 1 aliphatic rings. The van der Waals surface area contributed by atoms with Crippen LogP contribution >= 0.6 is 23.5 Å². The Morgan fingerprint density at radius 1 is 1.23 bits per heavy atom. The summed E-state index contributed by atoms with van der Waals surface area (Å²) in [4.78, 5) is 13.5. The number of aromatic amines is 1. The number of rotatable bonds is 5. The second-order valence-corrected chi connectivity index (χ2v) is 8.58. The van der Waals surface area contributed by atoms with Crippen LogP contribution < -0.4 is 0 Å². The smallest absolute Gasteiger partial charge is 0.337 e. The van der Waals surface area contributed by atoms with Crippen LogP contribution in [0.25, 0.3) is 22.6 Å². The number of H-pyrrole nitrogens is 1. The molecule has 2 heterocycles. The molecule has 1 aliphatic carbocycles. The minimum absolute atomic E-state index is 0.128. The number of nitrogens with zero attached hydrogens (tertiary/aromatic N) is 2. The van der Waals surface area contributed by atoms with E-state index in [9.17, 15) is 13.2 Å². The van der Waals surface area contributed by atoms with Crippen LogP contribution in [-0.2, 0) is 0 Å². The number of pyridine rings is 1. The van der Waals surface area contributed by atoms with Gasteiger partial charge in [0.05, 0.1) is 11.0 Å². The average molecular weight is 395 g/mol. The van der Waals surface area contributed by atoms with Crippen molar-refractivity contribution in [2.24, 2.45) is 0 Å². The lowest BCUT2D eigenvalue weighted by molar-refractivity contribution is -0.0328. The van der Waals surface area contributed by atoms with Gasteiger partial charge >= 0.3 is 5.51 Å². The van der Waals surface area contributed by atoms with Crippen molar-refractivity contribution in [2.45, 2.75) is 41.0 Å². The average Bonchev–Trinajstić information content (AvgIpc) is 3.33. The molecule has 4 rings (SSSR count). The minimum Gasteiger partial charge on any atom is -0.337 e. The second kappa shape index (κ2) is 6.81. The molecular weight excluding hydrogens is 379 g/mol. The first-order chi connectivity index (χ1) is 12.4. The predicted molar refractivity (Wildman–Crippen MR) is 99.6 cm³/mol. The highest BCUT2D eigenvalue weighted by atomic mass is 32.2. The van der Waals surface area contributed by atoms with E-state index in [-0.39, 0.29) is 16.7 Å². The maximum absolute atomic E-state index is 12.6. The number of benzene rings is 1.